The Morgan fingerprint density at radius 2 is 1.79 bits per heavy atom. The molecule has 2 aromatic rings. The SMILES string of the molecule is [C-]#[N+]c1ccc(-n2cc(S(=O)(=O)C(F)(F)F)c3c2CCC(F)(F)[C@H]3O)cc1[N+]#[C-]. The first kappa shape index (κ1) is 20.8. The van der Waals surface area contributed by atoms with E-state index in [9.17, 15) is 35.5 Å². The quantitative estimate of drug-likeness (QED) is 0.563. The molecule has 0 fully saturated rings. The first-order valence-electron chi connectivity index (χ1n) is 7.86. The van der Waals surface area contributed by atoms with Gasteiger partial charge in [-0.1, -0.05) is 12.1 Å². The van der Waals surface area contributed by atoms with E-state index in [1.54, 1.807) is 0 Å². The number of benzene rings is 1. The van der Waals surface area contributed by atoms with E-state index >= 15 is 0 Å². The number of aromatic nitrogens is 1. The van der Waals surface area contributed by atoms with Crippen LogP contribution in [0.3, 0.4) is 0 Å². The maximum absolute atomic E-state index is 14.0. The molecule has 1 aromatic heterocycles. The molecule has 0 bridgehead atoms. The van der Waals surface area contributed by atoms with E-state index in [1.165, 1.54) is 12.1 Å². The van der Waals surface area contributed by atoms with Crippen molar-refractivity contribution in [3.63, 3.8) is 0 Å². The van der Waals surface area contributed by atoms with Gasteiger partial charge in [0.15, 0.2) is 11.4 Å². The molecule has 1 aliphatic rings. The molecular formula is C17H10F5N3O3S. The molecule has 1 aliphatic carbocycles. The van der Waals surface area contributed by atoms with Gasteiger partial charge in [-0.15, -0.1) is 0 Å². The van der Waals surface area contributed by atoms with Crippen molar-refractivity contribution in [1.82, 2.24) is 4.57 Å². The van der Waals surface area contributed by atoms with Crippen molar-refractivity contribution in [2.24, 2.45) is 0 Å². The summed E-state index contributed by atoms with van der Waals surface area (Å²) in [6.07, 6.45) is -3.65. The molecule has 0 unspecified atom stereocenters. The van der Waals surface area contributed by atoms with Crippen LogP contribution in [0.1, 0.15) is 23.8 Å². The van der Waals surface area contributed by atoms with Gasteiger partial charge in [0.1, 0.15) is 11.0 Å². The Hall–Kier alpha value is -2.96. The smallest absolute Gasteiger partial charge is 0.382 e. The predicted octanol–water partition coefficient (Wildman–Crippen LogP) is 4.49. The third-order valence-electron chi connectivity index (χ3n) is 4.55. The zero-order valence-corrected chi connectivity index (χ0v) is 15.0. The van der Waals surface area contributed by atoms with Crippen molar-refractivity contribution in [3.8, 4) is 5.69 Å². The number of nitrogens with zero attached hydrogens (tertiary/aromatic N) is 3. The lowest BCUT2D eigenvalue weighted by molar-refractivity contribution is -0.123. The zero-order valence-electron chi connectivity index (χ0n) is 14.2. The fraction of sp³-hybridized carbons (Fsp3) is 0.294. The number of hydrogen-bond donors (Lipinski definition) is 1. The van der Waals surface area contributed by atoms with E-state index in [2.05, 4.69) is 9.69 Å². The van der Waals surface area contributed by atoms with Crippen LogP contribution in [0, 0.1) is 13.1 Å². The first-order chi connectivity index (χ1) is 13.3. The molecule has 29 heavy (non-hydrogen) atoms. The Kier molecular flexibility index (Phi) is 4.68. The van der Waals surface area contributed by atoms with Crippen molar-refractivity contribution in [2.45, 2.75) is 35.3 Å². The number of alkyl halides is 5. The second-order valence-corrected chi connectivity index (χ2v) is 8.14. The average molecular weight is 431 g/mol. The van der Waals surface area contributed by atoms with Crippen LogP contribution >= 0.6 is 0 Å². The molecule has 152 valence electrons. The standard InChI is InChI=1S/C17H10F5N3O3S/c1-23-10-4-3-9(7-11(10)24-2)25-8-13(29(27,28)17(20,21)22)14-12(25)5-6-16(18,19)15(14)26/h3-4,7-8,15,26H,5-6H2/t15-/m0/s1. The Bertz CT molecular complexity index is 1190. The third kappa shape index (κ3) is 3.14. The predicted molar refractivity (Wildman–Crippen MR) is 89.8 cm³/mol. The van der Waals surface area contributed by atoms with Gasteiger partial charge in [-0.25, -0.2) is 17.2 Å². The molecule has 0 spiro atoms. The molecule has 0 amide bonds. The number of aliphatic hydroxyl groups excluding tert-OH is 1. The van der Waals surface area contributed by atoms with E-state index < -0.39 is 50.7 Å². The van der Waals surface area contributed by atoms with Crippen LogP contribution in [0.2, 0.25) is 0 Å². The maximum Gasteiger partial charge on any atom is 0.501 e. The summed E-state index contributed by atoms with van der Waals surface area (Å²) < 4.78 is 92.1. The fourth-order valence-electron chi connectivity index (χ4n) is 3.13. The number of aliphatic hydroxyl groups is 1. The van der Waals surface area contributed by atoms with Crippen molar-refractivity contribution in [3.05, 3.63) is 58.5 Å². The highest BCUT2D eigenvalue weighted by atomic mass is 32.2. The highest BCUT2D eigenvalue weighted by Crippen LogP contribution is 2.47. The minimum atomic E-state index is -6.04. The Balaban J connectivity index is 2.34. The Morgan fingerprint density at radius 3 is 2.34 bits per heavy atom. The molecule has 1 heterocycles. The lowest BCUT2D eigenvalue weighted by atomic mass is 9.91. The molecule has 1 aromatic carbocycles. The molecule has 0 saturated carbocycles. The Morgan fingerprint density at radius 1 is 1.17 bits per heavy atom. The van der Waals surface area contributed by atoms with Crippen molar-refractivity contribution >= 4 is 21.2 Å². The van der Waals surface area contributed by atoms with Gasteiger partial charge in [-0.2, -0.15) is 13.2 Å². The summed E-state index contributed by atoms with van der Waals surface area (Å²) in [6, 6.07) is 3.57. The third-order valence-corrected chi connectivity index (χ3v) is 6.07. The summed E-state index contributed by atoms with van der Waals surface area (Å²) in [5.41, 5.74) is -7.22. The maximum atomic E-state index is 14.0. The lowest BCUT2D eigenvalue weighted by Gasteiger charge is -2.29. The van der Waals surface area contributed by atoms with Crippen LogP contribution in [-0.2, 0) is 16.3 Å². The largest absolute Gasteiger partial charge is 0.501 e. The average Bonchev–Trinajstić information content (AvgIpc) is 3.04. The first-order valence-corrected chi connectivity index (χ1v) is 9.34. The molecule has 1 N–H and O–H groups in total. The van der Waals surface area contributed by atoms with Crippen LogP contribution in [-0.4, -0.2) is 29.5 Å². The van der Waals surface area contributed by atoms with Gasteiger partial charge in [0.25, 0.3) is 15.8 Å². The summed E-state index contributed by atoms with van der Waals surface area (Å²) >= 11 is 0. The molecular weight excluding hydrogens is 421 g/mol. The highest BCUT2D eigenvalue weighted by Gasteiger charge is 2.53. The number of hydrogen-bond acceptors (Lipinski definition) is 3. The van der Waals surface area contributed by atoms with E-state index in [0.717, 1.165) is 10.6 Å². The molecule has 3 rings (SSSR count). The summed E-state index contributed by atoms with van der Waals surface area (Å²) in [7, 11) is -6.04. The number of halogens is 5. The number of fused-ring (bicyclic) bond motifs is 1. The summed E-state index contributed by atoms with van der Waals surface area (Å²) in [6.45, 7) is 14.1. The van der Waals surface area contributed by atoms with Crippen LogP contribution in [0.15, 0.2) is 29.3 Å². The van der Waals surface area contributed by atoms with E-state index in [-0.39, 0.29) is 22.8 Å². The monoisotopic (exact) mass is 431 g/mol. The van der Waals surface area contributed by atoms with Gasteiger partial charge in [0, 0.05) is 29.6 Å². The fourth-order valence-corrected chi connectivity index (χ4v) is 4.14. The topological polar surface area (TPSA) is 68.0 Å². The minimum Gasteiger partial charge on any atom is -0.382 e. The van der Waals surface area contributed by atoms with Crippen LogP contribution in [0.25, 0.3) is 15.4 Å². The van der Waals surface area contributed by atoms with Gasteiger partial charge >= 0.3 is 5.51 Å². The molecule has 0 saturated heterocycles. The van der Waals surface area contributed by atoms with E-state index in [0.29, 0.717) is 6.20 Å². The second-order valence-electron chi connectivity index (χ2n) is 6.23. The summed E-state index contributed by atoms with van der Waals surface area (Å²) in [5, 5.41) is 9.96. The van der Waals surface area contributed by atoms with E-state index in [1.807, 2.05) is 0 Å². The summed E-state index contributed by atoms with van der Waals surface area (Å²) in [4.78, 5) is 4.78. The number of sulfone groups is 1. The van der Waals surface area contributed by atoms with Gasteiger partial charge in [0.2, 0.25) is 0 Å². The molecule has 6 nitrogen and oxygen atoms in total. The molecule has 0 aliphatic heterocycles. The highest BCUT2D eigenvalue weighted by molar-refractivity contribution is 7.92. The van der Waals surface area contributed by atoms with Crippen LogP contribution in [0.5, 0.6) is 0 Å². The van der Waals surface area contributed by atoms with Crippen LogP contribution < -0.4 is 0 Å². The van der Waals surface area contributed by atoms with Crippen molar-refractivity contribution < 1.29 is 35.5 Å². The van der Waals surface area contributed by atoms with Gasteiger partial charge < -0.3 is 9.67 Å². The van der Waals surface area contributed by atoms with Gasteiger partial charge in [-0.05, 0) is 12.5 Å². The minimum absolute atomic E-state index is 0.000640. The van der Waals surface area contributed by atoms with Crippen LogP contribution in [0.4, 0.5) is 33.3 Å². The summed E-state index contributed by atoms with van der Waals surface area (Å²) in [5.74, 6) is -3.81. The molecule has 1 atom stereocenters. The zero-order chi connectivity index (χ0) is 21.8. The van der Waals surface area contributed by atoms with Gasteiger partial charge in [0.05, 0.1) is 13.1 Å². The second kappa shape index (κ2) is 6.54. The molecule has 0 radical (unpaired) electrons. The van der Waals surface area contributed by atoms with Crippen molar-refractivity contribution in [2.75, 3.05) is 0 Å². The number of rotatable bonds is 2. The van der Waals surface area contributed by atoms with Gasteiger partial charge in [-0.3, -0.25) is 9.69 Å². The normalized spacial score (nSPS) is 18.6. The van der Waals surface area contributed by atoms with Crippen molar-refractivity contribution in [1.29, 1.82) is 0 Å². The van der Waals surface area contributed by atoms with E-state index in [4.69, 9.17) is 13.1 Å². The lowest BCUT2D eigenvalue weighted by Crippen LogP contribution is -2.34. The molecule has 12 heteroatoms. The Labute approximate surface area is 161 Å².